The van der Waals surface area contributed by atoms with E-state index in [9.17, 15) is 4.79 Å². The normalized spacial score (nSPS) is 22.1. The van der Waals surface area contributed by atoms with Crippen LogP contribution in [0.3, 0.4) is 0 Å². The maximum Gasteiger partial charge on any atom is 0.231 e. The molecule has 1 N–H and O–H groups in total. The molecule has 4 heterocycles. The van der Waals surface area contributed by atoms with Gasteiger partial charge in [-0.3, -0.25) is 4.79 Å². The van der Waals surface area contributed by atoms with Crippen molar-refractivity contribution in [2.45, 2.75) is 6.42 Å². The summed E-state index contributed by atoms with van der Waals surface area (Å²) in [5, 5.41) is 6.29. The van der Waals surface area contributed by atoms with Crippen LogP contribution in [0.2, 0.25) is 0 Å². The lowest BCUT2D eigenvalue weighted by Gasteiger charge is -2.16. The molecule has 2 aromatic rings. The van der Waals surface area contributed by atoms with Crippen molar-refractivity contribution < 1.29 is 14.3 Å². The van der Waals surface area contributed by atoms with Gasteiger partial charge in [0.05, 0.1) is 12.1 Å². The van der Waals surface area contributed by atoms with E-state index in [1.54, 1.807) is 11.3 Å². The van der Waals surface area contributed by atoms with Gasteiger partial charge in [-0.1, -0.05) is 0 Å². The van der Waals surface area contributed by atoms with E-state index in [-0.39, 0.29) is 37.5 Å². The minimum absolute atomic E-state index is 0. The summed E-state index contributed by atoms with van der Waals surface area (Å²) in [4.78, 5) is 19.2. The van der Waals surface area contributed by atoms with Crippen molar-refractivity contribution in [3.8, 4) is 22.1 Å². The smallest absolute Gasteiger partial charge is 0.231 e. The summed E-state index contributed by atoms with van der Waals surface area (Å²) in [5.41, 5.74) is 1.84. The molecule has 0 saturated carbocycles. The number of amides is 1. The Morgan fingerprint density at radius 3 is 2.70 bits per heavy atom. The highest BCUT2D eigenvalue weighted by atomic mass is 35.5. The average Bonchev–Trinajstić information content (AvgIpc) is 3.36. The second-order valence-corrected chi connectivity index (χ2v) is 7.72. The van der Waals surface area contributed by atoms with Gasteiger partial charge in [-0.05, 0) is 30.0 Å². The molecule has 3 aliphatic heterocycles. The van der Waals surface area contributed by atoms with Crippen LogP contribution in [0, 0.1) is 11.8 Å². The van der Waals surface area contributed by atoms with Gasteiger partial charge in [0.25, 0.3) is 0 Å². The molecule has 0 unspecified atom stereocenters. The summed E-state index contributed by atoms with van der Waals surface area (Å²) in [6.45, 7) is 4.12. The molecule has 27 heavy (non-hydrogen) atoms. The van der Waals surface area contributed by atoms with Gasteiger partial charge in [0.2, 0.25) is 12.7 Å². The second kappa shape index (κ2) is 8.22. The number of aromatic nitrogens is 1. The number of hydrogen-bond donors (Lipinski definition) is 1. The highest BCUT2D eigenvalue weighted by Gasteiger charge is 2.37. The lowest BCUT2D eigenvalue weighted by atomic mass is 10.0. The van der Waals surface area contributed by atoms with E-state index in [0.717, 1.165) is 53.9 Å². The molecule has 6 nitrogen and oxygen atoms in total. The Morgan fingerprint density at radius 2 is 1.93 bits per heavy atom. The minimum atomic E-state index is 0. The van der Waals surface area contributed by atoms with E-state index in [2.05, 4.69) is 10.3 Å². The van der Waals surface area contributed by atoms with Crippen LogP contribution in [0.1, 0.15) is 5.69 Å². The zero-order chi connectivity index (χ0) is 16.8. The molecule has 9 heteroatoms. The van der Waals surface area contributed by atoms with Crippen molar-refractivity contribution in [3.05, 3.63) is 29.3 Å². The lowest BCUT2D eigenvalue weighted by Crippen LogP contribution is -2.33. The van der Waals surface area contributed by atoms with Gasteiger partial charge in [-0.25, -0.2) is 4.98 Å². The van der Waals surface area contributed by atoms with Gasteiger partial charge in [-0.15, -0.1) is 36.2 Å². The summed E-state index contributed by atoms with van der Waals surface area (Å²) in [6, 6.07) is 5.83. The molecule has 2 fully saturated rings. The second-order valence-electron chi connectivity index (χ2n) is 6.87. The minimum Gasteiger partial charge on any atom is -0.454 e. The van der Waals surface area contributed by atoms with Crippen LogP contribution in [-0.4, -0.2) is 48.8 Å². The topological polar surface area (TPSA) is 63.7 Å². The zero-order valence-corrected chi connectivity index (χ0v) is 17.0. The molecule has 146 valence electrons. The first kappa shape index (κ1) is 20.2. The van der Waals surface area contributed by atoms with Crippen LogP contribution in [0.4, 0.5) is 0 Å². The number of nitrogens with zero attached hydrogens (tertiary/aromatic N) is 2. The van der Waals surface area contributed by atoms with Gasteiger partial charge in [-0.2, -0.15) is 0 Å². The van der Waals surface area contributed by atoms with Crippen molar-refractivity contribution in [3.63, 3.8) is 0 Å². The molecule has 1 aromatic carbocycles. The van der Waals surface area contributed by atoms with Crippen molar-refractivity contribution in [1.29, 1.82) is 0 Å². The summed E-state index contributed by atoms with van der Waals surface area (Å²) in [5.74, 6) is 2.97. The molecule has 2 atom stereocenters. The highest BCUT2D eigenvalue weighted by Crippen LogP contribution is 2.36. The number of likely N-dealkylation sites (tertiary alicyclic amines) is 1. The molecule has 0 spiro atoms. The fourth-order valence-corrected chi connectivity index (χ4v) is 4.69. The summed E-state index contributed by atoms with van der Waals surface area (Å²) in [7, 11) is 0. The van der Waals surface area contributed by atoms with Gasteiger partial charge in [0, 0.05) is 37.1 Å². The molecule has 3 aliphatic rings. The number of thiazole rings is 1. The Labute approximate surface area is 174 Å². The van der Waals surface area contributed by atoms with Crippen LogP contribution >= 0.6 is 36.2 Å². The number of ether oxygens (including phenoxy) is 2. The first-order valence-corrected chi connectivity index (χ1v) is 9.47. The maximum atomic E-state index is 12.6. The van der Waals surface area contributed by atoms with Crippen LogP contribution in [0.5, 0.6) is 11.5 Å². The largest absolute Gasteiger partial charge is 0.454 e. The van der Waals surface area contributed by atoms with Gasteiger partial charge < -0.3 is 19.7 Å². The van der Waals surface area contributed by atoms with Crippen molar-refractivity contribution >= 4 is 42.1 Å². The number of rotatable bonds is 3. The first-order chi connectivity index (χ1) is 12.3. The third-order valence-electron chi connectivity index (χ3n) is 5.25. The Hall–Kier alpha value is -1.54. The number of benzene rings is 1. The maximum absolute atomic E-state index is 12.6. The third-order valence-corrected chi connectivity index (χ3v) is 6.19. The molecule has 1 aromatic heterocycles. The molecular weight excluding hydrogens is 409 g/mol. The van der Waals surface area contributed by atoms with E-state index in [1.807, 2.05) is 28.5 Å². The molecule has 0 aliphatic carbocycles. The van der Waals surface area contributed by atoms with Gasteiger partial charge >= 0.3 is 0 Å². The van der Waals surface area contributed by atoms with Crippen LogP contribution in [0.15, 0.2) is 23.6 Å². The Balaban J connectivity index is 0.00000105. The summed E-state index contributed by atoms with van der Waals surface area (Å²) < 4.78 is 10.8. The van der Waals surface area contributed by atoms with Crippen molar-refractivity contribution in [2.75, 3.05) is 33.0 Å². The monoisotopic (exact) mass is 429 g/mol. The number of halogens is 2. The lowest BCUT2D eigenvalue weighted by molar-refractivity contribution is -0.129. The highest BCUT2D eigenvalue weighted by molar-refractivity contribution is 7.13. The Bertz CT molecular complexity index is 820. The Kier molecular flexibility index (Phi) is 6.15. The van der Waals surface area contributed by atoms with E-state index in [4.69, 9.17) is 9.47 Å². The van der Waals surface area contributed by atoms with E-state index in [0.29, 0.717) is 18.3 Å². The number of carbonyl (C=O) groups excluding carboxylic acids is 1. The zero-order valence-electron chi connectivity index (χ0n) is 14.6. The van der Waals surface area contributed by atoms with Gasteiger partial charge in [0.1, 0.15) is 5.01 Å². The first-order valence-electron chi connectivity index (χ1n) is 8.59. The predicted molar refractivity (Wildman–Crippen MR) is 108 cm³/mol. The number of fused-ring (bicyclic) bond motifs is 2. The SMILES string of the molecule is Cl.Cl.O=C(Cc1csc(-c2ccc3c(c2)OCO3)n1)N1C[C@H]2CNC[C@H]2C1. The van der Waals surface area contributed by atoms with Crippen LogP contribution < -0.4 is 14.8 Å². The standard InChI is InChI=1S/C18H19N3O3S.2ClH/c22-17(21-7-12-5-19-6-13(12)8-21)4-14-9-25-18(20-14)11-1-2-15-16(3-11)24-10-23-15;;/h1-3,9,12-13,19H,4-8,10H2;2*1H/t12-,13+;;. The molecular formula is C18H21Cl2N3O3S. The molecule has 0 radical (unpaired) electrons. The third kappa shape index (κ3) is 3.87. The molecule has 1 amide bonds. The number of carbonyl (C=O) groups is 1. The van der Waals surface area contributed by atoms with Crippen LogP contribution in [-0.2, 0) is 11.2 Å². The number of hydrogen-bond acceptors (Lipinski definition) is 6. The molecule has 5 rings (SSSR count). The fraction of sp³-hybridized carbons (Fsp3) is 0.444. The molecule has 0 bridgehead atoms. The van der Waals surface area contributed by atoms with Crippen molar-refractivity contribution in [2.24, 2.45) is 11.8 Å². The fourth-order valence-electron chi connectivity index (χ4n) is 3.88. The number of nitrogens with one attached hydrogen (secondary N) is 1. The Morgan fingerprint density at radius 1 is 1.19 bits per heavy atom. The van der Waals surface area contributed by atoms with Crippen LogP contribution in [0.25, 0.3) is 10.6 Å². The predicted octanol–water partition coefficient (Wildman–Crippen LogP) is 2.60. The summed E-state index contributed by atoms with van der Waals surface area (Å²) in [6.07, 6.45) is 0.383. The van der Waals surface area contributed by atoms with Crippen molar-refractivity contribution in [1.82, 2.24) is 15.2 Å². The quantitative estimate of drug-likeness (QED) is 0.811. The molecule has 2 saturated heterocycles. The summed E-state index contributed by atoms with van der Waals surface area (Å²) >= 11 is 1.56. The average molecular weight is 430 g/mol. The van der Waals surface area contributed by atoms with E-state index >= 15 is 0 Å². The van der Waals surface area contributed by atoms with E-state index < -0.39 is 0 Å². The van der Waals surface area contributed by atoms with E-state index in [1.165, 1.54) is 0 Å². The van der Waals surface area contributed by atoms with Gasteiger partial charge in [0.15, 0.2) is 11.5 Å².